The fourth-order valence-electron chi connectivity index (χ4n) is 5.34. The predicted octanol–water partition coefficient (Wildman–Crippen LogP) is 6.35. The Labute approximate surface area is 229 Å². The van der Waals surface area contributed by atoms with Crippen molar-refractivity contribution in [1.82, 2.24) is 24.9 Å². The van der Waals surface area contributed by atoms with Crippen LogP contribution in [0.25, 0.3) is 33.5 Å². The molecule has 6 rings (SSSR count). The highest BCUT2D eigenvalue weighted by atomic mass is 19.3. The third-order valence-electron chi connectivity index (χ3n) is 7.72. The Morgan fingerprint density at radius 1 is 1.00 bits per heavy atom. The summed E-state index contributed by atoms with van der Waals surface area (Å²) in [5, 5.41) is 10.0. The summed E-state index contributed by atoms with van der Waals surface area (Å²) in [6.45, 7) is 2.92. The van der Waals surface area contributed by atoms with Crippen molar-refractivity contribution in [2.45, 2.75) is 38.7 Å². The van der Waals surface area contributed by atoms with Gasteiger partial charge in [-0.15, -0.1) is 0 Å². The van der Waals surface area contributed by atoms with Gasteiger partial charge < -0.3 is 19.6 Å². The summed E-state index contributed by atoms with van der Waals surface area (Å²) in [4.78, 5) is 23.2. The molecule has 0 saturated carbocycles. The van der Waals surface area contributed by atoms with Gasteiger partial charge >= 0.3 is 6.61 Å². The lowest BCUT2D eigenvalue weighted by Gasteiger charge is -2.38. The highest BCUT2D eigenvalue weighted by molar-refractivity contribution is 5.92. The molecule has 0 atom stereocenters. The normalized spacial score (nSPS) is 14.9. The van der Waals surface area contributed by atoms with Gasteiger partial charge in [0.25, 0.3) is 0 Å². The monoisotopic (exact) mass is 539 g/mol. The number of anilines is 1. The molecule has 0 bridgehead atoms. The maximum atomic E-state index is 12.5. The number of nitriles is 1. The molecule has 2 aromatic carbocycles. The van der Waals surface area contributed by atoms with E-state index in [9.17, 15) is 8.78 Å². The number of imidazole rings is 1. The number of fused-ring (bicyclic) bond motifs is 1. The van der Waals surface area contributed by atoms with Crippen LogP contribution in [0.1, 0.15) is 36.8 Å². The Bertz CT molecular complexity index is 1690. The van der Waals surface area contributed by atoms with E-state index in [-0.39, 0.29) is 11.2 Å². The lowest BCUT2D eigenvalue weighted by Crippen LogP contribution is -2.42. The minimum Gasteiger partial charge on any atom is -0.435 e. The second-order valence-electron chi connectivity index (χ2n) is 10.3. The van der Waals surface area contributed by atoms with Crippen molar-refractivity contribution in [3.05, 3.63) is 78.0 Å². The molecule has 0 unspecified atom stereocenters. The molecule has 10 heteroatoms. The van der Waals surface area contributed by atoms with Crippen LogP contribution < -0.4 is 9.64 Å². The summed E-state index contributed by atoms with van der Waals surface area (Å²) in [7, 11) is 0. The molecular formula is C30H27F2N7O. The summed E-state index contributed by atoms with van der Waals surface area (Å²) in [6.07, 6.45) is 3.34. The van der Waals surface area contributed by atoms with Crippen molar-refractivity contribution < 1.29 is 13.5 Å². The van der Waals surface area contributed by atoms with Crippen LogP contribution in [0.2, 0.25) is 0 Å². The van der Waals surface area contributed by atoms with Crippen LogP contribution in [0.5, 0.6) is 5.75 Å². The Kier molecular flexibility index (Phi) is 6.42. The zero-order chi connectivity index (χ0) is 27.9. The number of nitrogens with one attached hydrogen (secondary N) is 2. The number of ether oxygens (including phenoxy) is 1. The van der Waals surface area contributed by atoms with Crippen molar-refractivity contribution in [1.29, 1.82) is 5.26 Å². The van der Waals surface area contributed by atoms with Gasteiger partial charge in [0.05, 0.1) is 28.4 Å². The van der Waals surface area contributed by atoms with Gasteiger partial charge in [-0.1, -0.05) is 19.1 Å². The number of piperidine rings is 1. The number of aryl methyl sites for hydroxylation is 1. The molecule has 1 fully saturated rings. The molecule has 5 aromatic rings. The van der Waals surface area contributed by atoms with Crippen LogP contribution in [0.15, 0.2) is 60.9 Å². The highest BCUT2D eigenvalue weighted by Crippen LogP contribution is 2.38. The van der Waals surface area contributed by atoms with E-state index < -0.39 is 6.61 Å². The summed E-state index contributed by atoms with van der Waals surface area (Å²) in [6, 6.07) is 18.3. The molecule has 40 heavy (non-hydrogen) atoms. The fourth-order valence-corrected chi connectivity index (χ4v) is 5.34. The smallest absolute Gasteiger partial charge is 0.387 e. The Morgan fingerprint density at radius 3 is 2.38 bits per heavy atom. The van der Waals surface area contributed by atoms with E-state index in [1.165, 1.54) is 12.1 Å². The first kappa shape index (κ1) is 25.5. The van der Waals surface area contributed by atoms with Gasteiger partial charge in [-0.25, -0.2) is 15.0 Å². The Morgan fingerprint density at radius 2 is 1.70 bits per heavy atom. The van der Waals surface area contributed by atoms with E-state index in [2.05, 4.69) is 48.6 Å². The molecule has 1 saturated heterocycles. The van der Waals surface area contributed by atoms with Crippen molar-refractivity contribution >= 4 is 16.9 Å². The van der Waals surface area contributed by atoms with Gasteiger partial charge in [-0.05, 0) is 67.8 Å². The van der Waals surface area contributed by atoms with Crippen molar-refractivity contribution in [2.24, 2.45) is 0 Å². The zero-order valence-electron chi connectivity index (χ0n) is 22.1. The average Bonchev–Trinajstić information content (AvgIpc) is 3.58. The predicted molar refractivity (Wildman–Crippen MR) is 148 cm³/mol. The number of H-pyrrole nitrogens is 2. The molecule has 0 spiro atoms. The summed E-state index contributed by atoms with van der Waals surface area (Å²) >= 11 is 0. The maximum Gasteiger partial charge on any atom is 0.387 e. The van der Waals surface area contributed by atoms with Crippen molar-refractivity contribution in [3.63, 3.8) is 0 Å². The van der Waals surface area contributed by atoms with E-state index in [1.54, 1.807) is 30.6 Å². The highest BCUT2D eigenvalue weighted by Gasteiger charge is 2.36. The first-order chi connectivity index (χ1) is 19.3. The number of hydrogen-bond acceptors (Lipinski definition) is 6. The number of halogens is 2. The Balaban J connectivity index is 1.20. The second-order valence-corrected chi connectivity index (χ2v) is 10.3. The third-order valence-corrected chi connectivity index (χ3v) is 7.72. The molecule has 3 aromatic heterocycles. The number of rotatable bonds is 6. The van der Waals surface area contributed by atoms with E-state index in [1.807, 2.05) is 19.1 Å². The van der Waals surface area contributed by atoms with Gasteiger partial charge in [0.1, 0.15) is 29.4 Å². The van der Waals surface area contributed by atoms with Crippen LogP contribution in [0.3, 0.4) is 0 Å². The van der Waals surface area contributed by atoms with Gasteiger partial charge in [0, 0.05) is 29.8 Å². The average molecular weight is 540 g/mol. The van der Waals surface area contributed by atoms with Crippen LogP contribution in [-0.2, 0) is 5.41 Å². The number of benzene rings is 2. The molecule has 1 aliphatic heterocycles. The minimum atomic E-state index is -2.85. The molecule has 8 nitrogen and oxygen atoms in total. The van der Waals surface area contributed by atoms with Gasteiger partial charge in [0.15, 0.2) is 0 Å². The first-order valence-corrected chi connectivity index (χ1v) is 13.0. The quantitative estimate of drug-likeness (QED) is 0.260. The molecule has 0 radical (unpaired) electrons. The molecular weight excluding hydrogens is 512 g/mol. The van der Waals surface area contributed by atoms with E-state index in [0.717, 1.165) is 76.8 Å². The maximum absolute atomic E-state index is 12.5. The van der Waals surface area contributed by atoms with Crippen molar-refractivity contribution in [2.75, 3.05) is 18.0 Å². The summed E-state index contributed by atoms with van der Waals surface area (Å²) in [5.74, 6) is 1.94. The number of hydrogen-bond donors (Lipinski definition) is 2. The van der Waals surface area contributed by atoms with Gasteiger partial charge in [0.2, 0.25) is 0 Å². The number of nitrogens with zero attached hydrogens (tertiary/aromatic N) is 5. The van der Waals surface area contributed by atoms with Gasteiger partial charge in [-0.3, -0.25) is 0 Å². The molecule has 0 amide bonds. The summed E-state index contributed by atoms with van der Waals surface area (Å²) in [5.41, 5.74) is 5.75. The standard InChI is InChI=1S/C30H27F2N7O/c1-18-25(21-7-9-22(10-8-21)40-29(31)32)38-28(36-18)30(2)11-13-39(14-12-30)27-23-15-24(37-26(23)34-17-35-27)20-5-3-19(16-33)4-6-20/h3-10,15,17,29H,11-14H2,1-2H3,(H,36,38)(H,34,35,37). The van der Waals surface area contributed by atoms with Crippen LogP contribution in [0, 0.1) is 18.3 Å². The molecule has 4 heterocycles. The van der Waals surface area contributed by atoms with Crippen molar-refractivity contribution in [3.8, 4) is 34.3 Å². The lowest BCUT2D eigenvalue weighted by molar-refractivity contribution is -0.0498. The summed E-state index contributed by atoms with van der Waals surface area (Å²) < 4.78 is 29.5. The number of aromatic amines is 2. The van der Waals surface area contributed by atoms with Gasteiger partial charge in [-0.2, -0.15) is 14.0 Å². The third kappa shape index (κ3) is 4.75. The first-order valence-electron chi connectivity index (χ1n) is 13.0. The van der Waals surface area contributed by atoms with Crippen LogP contribution >= 0.6 is 0 Å². The molecule has 2 N–H and O–H groups in total. The fraction of sp³-hybridized carbons (Fsp3) is 0.267. The topological polar surface area (TPSA) is 107 Å². The number of alkyl halides is 2. The molecule has 1 aliphatic rings. The van der Waals surface area contributed by atoms with Crippen LogP contribution in [0.4, 0.5) is 14.6 Å². The number of aromatic nitrogens is 5. The minimum absolute atomic E-state index is 0.126. The van der Waals surface area contributed by atoms with Crippen LogP contribution in [-0.4, -0.2) is 44.6 Å². The lowest BCUT2D eigenvalue weighted by atomic mass is 9.79. The SMILES string of the molecule is Cc1nc(C2(C)CCN(c3ncnc4[nH]c(-c5ccc(C#N)cc5)cc34)CC2)[nH]c1-c1ccc(OC(F)F)cc1. The van der Waals surface area contributed by atoms with E-state index in [4.69, 9.17) is 10.2 Å². The largest absolute Gasteiger partial charge is 0.435 e. The van der Waals surface area contributed by atoms with E-state index in [0.29, 0.717) is 5.56 Å². The molecule has 0 aliphatic carbocycles. The Hall–Kier alpha value is -4.78. The molecule has 202 valence electrons. The zero-order valence-corrected chi connectivity index (χ0v) is 22.1. The van der Waals surface area contributed by atoms with E-state index >= 15 is 0 Å². The second kappa shape index (κ2) is 10.1.